The summed E-state index contributed by atoms with van der Waals surface area (Å²) in [5.74, 6) is 0.821. The van der Waals surface area contributed by atoms with Gasteiger partial charge in [-0.1, -0.05) is 18.2 Å². The van der Waals surface area contributed by atoms with E-state index in [0.717, 1.165) is 16.9 Å². The van der Waals surface area contributed by atoms with E-state index in [0.29, 0.717) is 25.1 Å². The maximum Gasteiger partial charge on any atom is 0.252 e. The van der Waals surface area contributed by atoms with Gasteiger partial charge in [-0.2, -0.15) is 0 Å². The summed E-state index contributed by atoms with van der Waals surface area (Å²) in [5, 5.41) is 2.90. The number of imidazole rings is 1. The minimum absolute atomic E-state index is 0.121. The van der Waals surface area contributed by atoms with E-state index in [1.807, 2.05) is 30.3 Å². The number of carbonyl (C=O) groups excluding carboxylic acids is 1. The third kappa shape index (κ3) is 3.29. The Bertz CT molecular complexity index is 823. The average molecular weight is 306 g/mol. The molecule has 1 N–H and O–H groups in total. The van der Waals surface area contributed by atoms with Crippen molar-refractivity contribution in [1.82, 2.24) is 19.9 Å². The Hall–Kier alpha value is -2.95. The molecule has 0 unspecified atom stereocenters. The molecule has 0 fully saturated rings. The Morgan fingerprint density at radius 3 is 2.91 bits per heavy atom. The van der Waals surface area contributed by atoms with Crippen molar-refractivity contribution < 1.29 is 4.79 Å². The molecule has 5 nitrogen and oxygen atoms in total. The van der Waals surface area contributed by atoms with Crippen molar-refractivity contribution in [2.75, 3.05) is 6.54 Å². The summed E-state index contributed by atoms with van der Waals surface area (Å²) in [5.41, 5.74) is 2.61. The van der Waals surface area contributed by atoms with Gasteiger partial charge in [0, 0.05) is 31.9 Å². The fourth-order valence-electron chi connectivity index (χ4n) is 2.54. The highest BCUT2D eigenvalue weighted by molar-refractivity contribution is 5.93. The summed E-state index contributed by atoms with van der Waals surface area (Å²) in [4.78, 5) is 20.6. The van der Waals surface area contributed by atoms with Crippen LogP contribution in [-0.2, 0) is 13.0 Å². The zero-order chi connectivity index (χ0) is 16.1. The number of pyridine rings is 1. The second-order valence-electron chi connectivity index (χ2n) is 5.16. The molecule has 3 aromatic rings. The molecule has 0 aliphatic carbocycles. The molecule has 5 heteroatoms. The van der Waals surface area contributed by atoms with Crippen LogP contribution in [0.5, 0.6) is 0 Å². The van der Waals surface area contributed by atoms with Gasteiger partial charge in [0.2, 0.25) is 0 Å². The molecule has 0 spiro atoms. The Kier molecular flexibility index (Phi) is 4.47. The highest BCUT2D eigenvalue weighted by Crippen LogP contribution is 2.16. The lowest BCUT2D eigenvalue weighted by molar-refractivity contribution is 0.0953. The number of hydrogen-bond donors (Lipinski definition) is 1. The summed E-state index contributed by atoms with van der Waals surface area (Å²) in [6.45, 7) is 5.03. The van der Waals surface area contributed by atoms with E-state index in [1.165, 1.54) is 0 Å². The van der Waals surface area contributed by atoms with Gasteiger partial charge < -0.3 is 9.88 Å². The Morgan fingerprint density at radius 2 is 2.13 bits per heavy atom. The van der Waals surface area contributed by atoms with Crippen LogP contribution in [0.4, 0.5) is 0 Å². The first-order valence-corrected chi connectivity index (χ1v) is 7.53. The van der Waals surface area contributed by atoms with Crippen LogP contribution in [0.3, 0.4) is 0 Å². The van der Waals surface area contributed by atoms with Crippen LogP contribution in [-0.4, -0.2) is 27.0 Å². The molecule has 0 saturated carbocycles. The first kappa shape index (κ1) is 15.0. The molecule has 2 heterocycles. The van der Waals surface area contributed by atoms with Crippen molar-refractivity contribution in [3.63, 3.8) is 0 Å². The standard InChI is InChI=1S/C18H18N4O/c1-2-12-22-16-8-4-3-7-15(16)21-17(22)9-11-20-18(23)14-6-5-10-19-13-14/h2-8,10,13H,1,9,11-12H2,(H,20,23). The van der Waals surface area contributed by atoms with Gasteiger partial charge in [0.25, 0.3) is 5.91 Å². The van der Waals surface area contributed by atoms with E-state index in [-0.39, 0.29) is 5.91 Å². The van der Waals surface area contributed by atoms with Crippen molar-refractivity contribution in [3.8, 4) is 0 Å². The highest BCUT2D eigenvalue weighted by atomic mass is 16.1. The molecule has 1 amide bonds. The number of nitrogens with one attached hydrogen (secondary N) is 1. The third-order valence-electron chi connectivity index (χ3n) is 3.60. The van der Waals surface area contributed by atoms with Crippen LogP contribution in [0.2, 0.25) is 0 Å². The molecule has 0 radical (unpaired) electrons. The van der Waals surface area contributed by atoms with Crippen LogP contribution in [0.1, 0.15) is 16.2 Å². The summed E-state index contributed by atoms with van der Waals surface area (Å²) >= 11 is 0. The van der Waals surface area contributed by atoms with Crippen LogP contribution < -0.4 is 5.32 Å². The minimum atomic E-state index is -0.121. The summed E-state index contributed by atoms with van der Waals surface area (Å²) in [6.07, 6.45) is 5.72. The number of amides is 1. The molecular formula is C18H18N4O. The van der Waals surface area contributed by atoms with Crippen LogP contribution in [0.25, 0.3) is 11.0 Å². The molecule has 116 valence electrons. The summed E-state index contributed by atoms with van der Waals surface area (Å²) < 4.78 is 2.12. The quantitative estimate of drug-likeness (QED) is 0.712. The second kappa shape index (κ2) is 6.87. The molecule has 0 bridgehead atoms. The van der Waals surface area contributed by atoms with Gasteiger partial charge in [0.1, 0.15) is 5.82 Å². The molecule has 0 saturated heterocycles. The van der Waals surface area contributed by atoms with Gasteiger partial charge >= 0.3 is 0 Å². The lowest BCUT2D eigenvalue weighted by Crippen LogP contribution is -2.26. The van der Waals surface area contributed by atoms with E-state index < -0.39 is 0 Å². The number of benzene rings is 1. The Labute approximate surface area is 134 Å². The number of nitrogens with zero attached hydrogens (tertiary/aromatic N) is 3. The number of hydrogen-bond acceptors (Lipinski definition) is 3. The van der Waals surface area contributed by atoms with Gasteiger partial charge in [0.15, 0.2) is 0 Å². The van der Waals surface area contributed by atoms with E-state index >= 15 is 0 Å². The number of fused-ring (bicyclic) bond motifs is 1. The lowest BCUT2D eigenvalue weighted by atomic mass is 10.2. The topological polar surface area (TPSA) is 59.8 Å². The van der Waals surface area contributed by atoms with Gasteiger partial charge in [-0.05, 0) is 24.3 Å². The fourth-order valence-corrected chi connectivity index (χ4v) is 2.54. The first-order chi connectivity index (χ1) is 11.3. The van der Waals surface area contributed by atoms with Crippen molar-refractivity contribution >= 4 is 16.9 Å². The van der Waals surface area contributed by atoms with E-state index in [2.05, 4.69) is 26.4 Å². The van der Waals surface area contributed by atoms with Gasteiger partial charge in [-0.3, -0.25) is 9.78 Å². The van der Waals surface area contributed by atoms with Crippen molar-refractivity contribution in [2.45, 2.75) is 13.0 Å². The maximum atomic E-state index is 12.0. The predicted molar refractivity (Wildman–Crippen MR) is 90.2 cm³/mol. The van der Waals surface area contributed by atoms with E-state index in [4.69, 9.17) is 0 Å². The largest absolute Gasteiger partial charge is 0.352 e. The first-order valence-electron chi connectivity index (χ1n) is 7.53. The zero-order valence-electron chi connectivity index (χ0n) is 12.8. The second-order valence-corrected chi connectivity index (χ2v) is 5.16. The number of rotatable bonds is 6. The minimum Gasteiger partial charge on any atom is -0.352 e. The maximum absolute atomic E-state index is 12.0. The molecule has 2 aromatic heterocycles. The van der Waals surface area contributed by atoms with Crippen molar-refractivity contribution in [2.24, 2.45) is 0 Å². The number of para-hydroxylation sites is 2. The molecule has 0 aliphatic rings. The molecule has 1 aromatic carbocycles. The van der Waals surface area contributed by atoms with E-state index in [9.17, 15) is 4.79 Å². The average Bonchev–Trinajstić information content (AvgIpc) is 2.94. The smallest absolute Gasteiger partial charge is 0.252 e. The number of aromatic nitrogens is 3. The molecule has 0 atom stereocenters. The zero-order valence-corrected chi connectivity index (χ0v) is 12.8. The fraction of sp³-hybridized carbons (Fsp3) is 0.167. The summed E-state index contributed by atoms with van der Waals surface area (Å²) in [6, 6.07) is 11.5. The van der Waals surface area contributed by atoms with Crippen LogP contribution >= 0.6 is 0 Å². The molecule has 3 rings (SSSR count). The van der Waals surface area contributed by atoms with Gasteiger partial charge in [-0.15, -0.1) is 6.58 Å². The SMILES string of the molecule is C=CCn1c(CCNC(=O)c2cccnc2)nc2ccccc21. The van der Waals surface area contributed by atoms with Crippen molar-refractivity contribution in [3.05, 3.63) is 72.8 Å². The lowest BCUT2D eigenvalue weighted by Gasteiger charge is -2.07. The predicted octanol–water partition coefficient (Wildman–Crippen LogP) is 2.59. The number of carbonyl (C=O) groups is 1. The van der Waals surface area contributed by atoms with E-state index in [1.54, 1.807) is 24.5 Å². The van der Waals surface area contributed by atoms with Gasteiger partial charge in [-0.25, -0.2) is 4.98 Å². The van der Waals surface area contributed by atoms with Crippen LogP contribution in [0, 0.1) is 0 Å². The normalized spacial score (nSPS) is 10.6. The number of allylic oxidation sites excluding steroid dienone is 1. The van der Waals surface area contributed by atoms with Crippen molar-refractivity contribution in [1.29, 1.82) is 0 Å². The summed E-state index contributed by atoms with van der Waals surface area (Å²) in [7, 11) is 0. The monoisotopic (exact) mass is 306 g/mol. The Balaban J connectivity index is 1.70. The molecule has 23 heavy (non-hydrogen) atoms. The van der Waals surface area contributed by atoms with Crippen LogP contribution in [0.15, 0.2) is 61.4 Å². The van der Waals surface area contributed by atoms with Gasteiger partial charge in [0.05, 0.1) is 16.6 Å². The third-order valence-corrected chi connectivity index (χ3v) is 3.60. The molecular weight excluding hydrogens is 288 g/mol. The highest BCUT2D eigenvalue weighted by Gasteiger charge is 2.10. The Morgan fingerprint density at radius 1 is 1.26 bits per heavy atom. The molecule has 0 aliphatic heterocycles.